The minimum Gasteiger partial charge on any atom is -0.311 e. The van der Waals surface area contributed by atoms with Crippen molar-refractivity contribution in [3.05, 3.63) is 34.9 Å². The monoisotopic (exact) mass is 279 g/mol. The van der Waals surface area contributed by atoms with Crippen molar-refractivity contribution in [3.63, 3.8) is 0 Å². The van der Waals surface area contributed by atoms with Gasteiger partial charge in [-0.3, -0.25) is 0 Å². The van der Waals surface area contributed by atoms with E-state index in [4.69, 9.17) is 11.6 Å². The van der Waals surface area contributed by atoms with Crippen molar-refractivity contribution in [2.24, 2.45) is 5.92 Å². The summed E-state index contributed by atoms with van der Waals surface area (Å²) in [5.74, 6) is 0.876. The molecule has 1 aromatic rings. The average Bonchev–Trinajstić information content (AvgIpc) is 2.26. The molecule has 0 heterocycles. The predicted molar refractivity (Wildman–Crippen MR) is 83.9 cm³/mol. The molecule has 1 saturated carbocycles. The van der Waals surface area contributed by atoms with Gasteiger partial charge in [0, 0.05) is 22.5 Å². The van der Waals surface area contributed by atoms with E-state index in [2.05, 4.69) is 51.2 Å². The van der Waals surface area contributed by atoms with E-state index in [1.807, 2.05) is 6.07 Å². The summed E-state index contributed by atoms with van der Waals surface area (Å²) in [5, 5.41) is 4.54. The molecule has 0 aliphatic heterocycles. The smallest absolute Gasteiger partial charge is 0.0408 e. The molecule has 0 radical (unpaired) electrons. The van der Waals surface area contributed by atoms with Crippen LogP contribution >= 0.6 is 11.6 Å². The van der Waals surface area contributed by atoms with Crippen LogP contribution in [-0.2, 0) is 5.41 Å². The van der Waals surface area contributed by atoms with E-state index < -0.39 is 0 Å². The number of hydrogen-bond acceptors (Lipinski definition) is 1. The summed E-state index contributed by atoms with van der Waals surface area (Å²) in [6.07, 6.45) is 3.86. The van der Waals surface area contributed by atoms with Crippen LogP contribution in [0.5, 0.6) is 0 Å². The minimum atomic E-state index is 0.170. The van der Waals surface area contributed by atoms with Crippen LogP contribution in [0.2, 0.25) is 5.02 Å². The average molecular weight is 280 g/mol. The van der Waals surface area contributed by atoms with Crippen molar-refractivity contribution >= 4 is 11.6 Å². The van der Waals surface area contributed by atoms with Crippen molar-refractivity contribution in [3.8, 4) is 0 Å². The molecule has 0 saturated heterocycles. The Morgan fingerprint density at radius 2 is 2.00 bits per heavy atom. The Hall–Kier alpha value is -0.530. The highest BCUT2D eigenvalue weighted by atomic mass is 35.5. The first-order chi connectivity index (χ1) is 8.85. The largest absolute Gasteiger partial charge is 0.311 e. The maximum absolute atomic E-state index is 6.17. The Labute approximate surface area is 122 Å². The maximum Gasteiger partial charge on any atom is 0.0408 e. The molecule has 19 heavy (non-hydrogen) atoms. The molecular weight excluding hydrogens is 254 g/mol. The molecule has 0 aromatic heterocycles. The zero-order valence-electron chi connectivity index (χ0n) is 12.6. The molecule has 0 unspecified atom stereocenters. The molecule has 106 valence electrons. The number of rotatable bonds is 4. The van der Waals surface area contributed by atoms with Crippen LogP contribution in [-0.4, -0.2) is 12.1 Å². The van der Waals surface area contributed by atoms with Crippen LogP contribution in [0.25, 0.3) is 0 Å². The number of nitrogens with one attached hydrogen (secondary N) is 1. The van der Waals surface area contributed by atoms with E-state index in [1.165, 1.54) is 24.8 Å². The molecule has 1 aliphatic rings. The van der Waals surface area contributed by atoms with Crippen LogP contribution in [0.15, 0.2) is 24.3 Å². The molecular formula is C17H26ClN. The molecule has 1 N–H and O–H groups in total. The molecule has 0 spiro atoms. The number of benzene rings is 1. The summed E-state index contributed by atoms with van der Waals surface area (Å²) >= 11 is 6.17. The lowest BCUT2D eigenvalue weighted by Gasteiger charge is -2.49. The predicted octanol–water partition coefficient (Wildman–Crippen LogP) is 4.79. The van der Waals surface area contributed by atoms with Gasteiger partial charge in [0.05, 0.1) is 0 Å². The molecule has 2 rings (SSSR count). The van der Waals surface area contributed by atoms with Crippen LogP contribution in [0.1, 0.15) is 52.5 Å². The SMILES string of the molecule is CCC1CC(CNC(C)(C)C)(c2cccc(Cl)c2)C1. The summed E-state index contributed by atoms with van der Waals surface area (Å²) in [6, 6.07) is 8.43. The van der Waals surface area contributed by atoms with Gasteiger partial charge in [-0.1, -0.05) is 37.1 Å². The van der Waals surface area contributed by atoms with Gasteiger partial charge in [0.2, 0.25) is 0 Å². The van der Waals surface area contributed by atoms with E-state index >= 15 is 0 Å². The van der Waals surface area contributed by atoms with Crippen LogP contribution in [0.3, 0.4) is 0 Å². The van der Waals surface area contributed by atoms with Crippen molar-refractivity contribution in [2.45, 2.75) is 57.9 Å². The zero-order valence-corrected chi connectivity index (χ0v) is 13.3. The highest BCUT2D eigenvalue weighted by molar-refractivity contribution is 6.30. The lowest BCUT2D eigenvalue weighted by molar-refractivity contribution is 0.125. The Kier molecular flexibility index (Phi) is 4.27. The summed E-state index contributed by atoms with van der Waals surface area (Å²) in [7, 11) is 0. The van der Waals surface area contributed by atoms with Crippen LogP contribution in [0.4, 0.5) is 0 Å². The Balaban J connectivity index is 2.17. The molecule has 0 amide bonds. The molecule has 0 atom stereocenters. The summed E-state index contributed by atoms with van der Waals surface area (Å²) < 4.78 is 0. The van der Waals surface area contributed by atoms with E-state index in [0.717, 1.165) is 17.5 Å². The molecule has 0 bridgehead atoms. The normalized spacial score (nSPS) is 27.1. The lowest BCUT2D eigenvalue weighted by atomic mass is 9.57. The second kappa shape index (κ2) is 5.46. The third-order valence-corrected chi connectivity index (χ3v) is 4.57. The molecule has 1 aliphatic carbocycles. The fraction of sp³-hybridized carbons (Fsp3) is 0.647. The molecule has 1 nitrogen and oxygen atoms in total. The van der Waals surface area contributed by atoms with Gasteiger partial charge >= 0.3 is 0 Å². The topological polar surface area (TPSA) is 12.0 Å². The van der Waals surface area contributed by atoms with Crippen LogP contribution in [0, 0.1) is 5.92 Å². The first-order valence-electron chi connectivity index (χ1n) is 7.36. The summed E-state index contributed by atoms with van der Waals surface area (Å²) in [4.78, 5) is 0. The van der Waals surface area contributed by atoms with E-state index in [0.29, 0.717) is 5.41 Å². The third-order valence-electron chi connectivity index (χ3n) is 4.33. The molecule has 1 fully saturated rings. The van der Waals surface area contributed by atoms with Gasteiger partial charge in [0.15, 0.2) is 0 Å². The van der Waals surface area contributed by atoms with Gasteiger partial charge in [0.1, 0.15) is 0 Å². The number of hydrogen-bond donors (Lipinski definition) is 1. The van der Waals surface area contributed by atoms with Crippen molar-refractivity contribution in [1.82, 2.24) is 5.32 Å². The van der Waals surface area contributed by atoms with Crippen LogP contribution < -0.4 is 5.32 Å². The van der Waals surface area contributed by atoms with Gasteiger partial charge in [-0.15, -0.1) is 0 Å². The zero-order chi connectivity index (χ0) is 14.1. The van der Waals surface area contributed by atoms with Gasteiger partial charge in [0.25, 0.3) is 0 Å². The minimum absolute atomic E-state index is 0.170. The second-order valence-corrected chi connectivity index (χ2v) is 7.51. The molecule has 1 aromatic carbocycles. The fourth-order valence-corrected chi connectivity index (χ4v) is 3.26. The Morgan fingerprint density at radius 1 is 1.32 bits per heavy atom. The van der Waals surface area contributed by atoms with Gasteiger partial charge in [-0.25, -0.2) is 0 Å². The highest BCUT2D eigenvalue weighted by Crippen LogP contribution is 2.49. The second-order valence-electron chi connectivity index (χ2n) is 7.08. The first-order valence-corrected chi connectivity index (χ1v) is 7.73. The third kappa shape index (κ3) is 3.52. The Bertz CT molecular complexity index is 427. The number of halogens is 1. The quantitative estimate of drug-likeness (QED) is 0.836. The van der Waals surface area contributed by atoms with Gasteiger partial charge in [-0.05, 0) is 57.2 Å². The summed E-state index contributed by atoms with van der Waals surface area (Å²) in [5.41, 5.74) is 1.86. The highest BCUT2D eigenvalue weighted by Gasteiger charge is 2.44. The summed E-state index contributed by atoms with van der Waals surface area (Å²) in [6.45, 7) is 10.0. The lowest BCUT2D eigenvalue weighted by Crippen LogP contribution is -2.52. The molecule has 2 heteroatoms. The van der Waals surface area contributed by atoms with Crippen molar-refractivity contribution < 1.29 is 0 Å². The van der Waals surface area contributed by atoms with Crippen molar-refractivity contribution in [2.75, 3.05) is 6.54 Å². The standard InChI is InChI=1S/C17H26ClN/c1-5-13-10-17(11-13,12-19-16(2,3)4)14-7-6-8-15(18)9-14/h6-9,13,19H,5,10-12H2,1-4H3. The maximum atomic E-state index is 6.17. The van der Waals surface area contributed by atoms with Gasteiger partial charge in [-0.2, -0.15) is 0 Å². The van der Waals surface area contributed by atoms with Gasteiger partial charge < -0.3 is 5.32 Å². The fourth-order valence-electron chi connectivity index (χ4n) is 3.07. The van der Waals surface area contributed by atoms with E-state index in [-0.39, 0.29) is 5.54 Å². The van der Waals surface area contributed by atoms with Crippen molar-refractivity contribution in [1.29, 1.82) is 0 Å². The first kappa shape index (κ1) is 14.9. The Morgan fingerprint density at radius 3 is 2.53 bits per heavy atom. The van der Waals surface area contributed by atoms with E-state index in [1.54, 1.807) is 0 Å². The van der Waals surface area contributed by atoms with E-state index in [9.17, 15) is 0 Å².